The van der Waals surface area contributed by atoms with Gasteiger partial charge in [-0.3, -0.25) is 10.1 Å². The van der Waals surface area contributed by atoms with Gasteiger partial charge in [-0.05, 0) is 22.4 Å². The Morgan fingerprint density at radius 3 is 2.72 bits per heavy atom. The number of aliphatic carboxylic acids is 1. The quantitative estimate of drug-likeness (QED) is 0.799. The molecule has 1 aromatic rings. The average molecular weight is 268 g/mol. The maximum Gasteiger partial charge on any atom is 0.328 e. The van der Waals surface area contributed by atoms with E-state index in [1.807, 2.05) is 22.1 Å². The molecule has 0 aliphatic heterocycles. The van der Waals surface area contributed by atoms with E-state index < -0.39 is 17.9 Å². The van der Waals surface area contributed by atoms with Crippen LogP contribution in [0, 0.1) is 0 Å². The van der Waals surface area contributed by atoms with E-state index in [-0.39, 0.29) is 0 Å². The molecule has 1 heterocycles. The Morgan fingerprint density at radius 1 is 1.44 bits per heavy atom. The standard InChI is InChI=1S/C11H12N2O4S/c1-13(6-8-4-5-18-7-8)11(17)12-9(14)2-3-10(15)16/h2-5,7H,6H2,1H3,(H,15,16)(H,12,14,17)/b3-2+. The van der Waals surface area contributed by atoms with Crippen molar-refractivity contribution in [2.75, 3.05) is 7.05 Å². The van der Waals surface area contributed by atoms with Gasteiger partial charge in [-0.25, -0.2) is 9.59 Å². The normalized spacial score (nSPS) is 10.3. The van der Waals surface area contributed by atoms with Crippen molar-refractivity contribution in [3.8, 4) is 0 Å². The number of nitrogens with one attached hydrogen (secondary N) is 1. The van der Waals surface area contributed by atoms with Crippen LogP contribution in [0.25, 0.3) is 0 Å². The van der Waals surface area contributed by atoms with E-state index in [0.717, 1.165) is 11.6 Å². The van der Waals surface area contributed by atoms with Gasteiger partial charge >= 0.3 is 12.0 Å². The molecule has 0 fully saturated rings. The molecule has 6 nitrogen and oxygen atoms in total. The Balaban J connectivity index is 2.45. The number of carboxylic acid groups (broad SMARTS) is 1. The summed E-state index contributed by atoms with van der Waals surface area (Å²) < 4.78 is 0. The third-order valence-electron chi connectivity index (χ3n) is 1.95. The number of carbonyl (C=O) groups excluding carboxylic acids is 2. The fourth-order valence-corrected chi connectivity index (χ4v) is 1.78. The Kier molecular flexibility index (Phi) is 5.06. The highest BCUT2D eigenvalue weighted by Crippen LogP contribution is 2.08. The molecule has 0 aromatic carbocycles. The van der Waals surface area contributed by atoms with Gasteiger partial charge in [0.2, 0.25) is 0 Å². The van der Waals surface area contributed by atoms with Crippen molar-refractivity contribution in [2.45, 2.75) is 6.54 Å². The number of hydrogen-bond acceptors (Lipinski definition) is 4. The number of carboxylic acids is 1. The Morgan fingerprint density at radius 2 is 2.17 bits per heavy atom. The summed E-state index contributed by atoms with van der Waals surface area (Å²) in [5.74, 6) is -2.01. The van der Waals surface area contributed by atoms with Gasteiger partial charge in [0.1, 0.15) is 0 Å². The molecule has 0 atom stereocenters. The highest BCUT2D eigenvalue weighted by Gasteiger charge is 2.11. The molecule has 0 aliphatic carbocycles. The maximum absolute atomic E-state index is 11.5. The van der Waals surface area contributed by atoms with Gasteiger partial charge in [-0.1, -0.05) is 0 Å². The van der Waals surface area contributed by atoms with Crippen molar-refractivity contribution in [3.05, 3.63) is 34.5 Å². The molecule has 96 valence electrons. The zero-order valence-corrected chi connectivity index (χ0v) is 10.4. The SMILES string of the molecule is CN(Cc1ccsc1)C(=O)NC(=O)/C=C/C(=O)O. The second-order valence-corrected chi connectivity index (χ2v) is 4.23. The fourth-order valence-electron chi connectivity index (χ4n) is 1.12. The topological polar surface area (TPSA) is 86.7 Å². The van der Waals surface area contributed by atoms with Crippen molar-refractivity contribution in [2.24, 2.45) is 0 Å². The summed E-state index contributed by atoms with van der Waals surface area (Å²) in [6, 6.07) is 1.29. The van der Waals surface area contributed by atoms with Gasteiger partial charge in [0, 0.05) is 25.7 Å². The molecule has 1 aromatic heterocycles. The minimum Gasteiger partial charge on any atom is -0.478 e. The van der Waals surface area contributed by atoms with Gasteiger partial charge in [-0.15, -0.1) is 0 Å². The molecule has 0 radical (unpaired) electrons. The summed E-state index contributed by atoms with van der Waals surface area (Å²) in [5.41, 5.74) is 0.964. The lowest BCUT2D eigenvalue weighted by Crippen LogP contribution is -2.39. The zero-order valence-electron chi connectivity index (χ0n) is 9.62. The van der Waals surface area contributed by atoms with Crippen LogP contribution in [0.15, 0.2) is 29.0 Å². The zero-order chi connectivity index (χ0) is 13.5. The highest BCUT2D eigenvalue weighted by molar-refractivity contribution is 7.07. The van der Waals surface area contributed by atoms with Crippen molar-refractivity contribution >= 4 is 29.2 Å². The van der Waals surface area contributed by atoms with Crippen LogP contribution in [-0.4, -0.2) is 35.0 Å². The van der Waals surface area contributed by atoms with E-state index in [0.29, 0.717) is 12.6 Å². The molecule has 0 saturated heterocycles. The predicted octanol–water partition coefficient (Wildman–Crippen LogP) is 1.06. The molecule has 18 heavy (non-hydrogen) atoms. The van der Waals surface area contributed by atoms with Gasteiger partial charge < -0.3 is 10.0 Å². The minimum absolute atomic E-state index is 0.380. The molecule has 1 rings (SSSR count). The number of hydrogen-bond donors (Lipinski definition) is 2. The highest BCUT2D eigenvalue weighted by atomic mass is 32.1. The van der Waals surface area contributed by atoms with Crippen molar-refractivity contribution in [1.29, 1.82) is 0 Å². The van der Waals surface area contributed by atoms with Crippen molar-refractivity contribution in [3.63, 3.8) is 0 Å². The van der Waals surface area contributed by atoms with E-state index in [4.69, 9.17) is 5.11 Å². The lowest BCUT2D eigenvalue weighted by Gasteiger charge is -2.15. The summed E-state index contributed by atoms with van der Waals surface area (Å²) in [6.45, 7) is 0.380. The van der Waals surface area contributed by atoms with Crippen LogP contribution < -0.4 is 5.32 Å². The first-order valence-corrected chi connectivity index (χ1v) is 5.91. The van der Waals surface area contributed by atoms with E-state index in [9.17, 15) is 14.4 Å². The Labute approximate surface area is 108 Å². The van der Waals surface area contributed by atoms with Crippen LogP contribution in [0.4, 0.5) is 4.79 Å². The van der Waals surface area contributed by atoms with E-state index >= 15 is 0 Å². The molecule has 0 aliphatic rings. The molecule has 7 heteroatoms. The second-order valence-electron chi connectivity index (χ2n) is 3.45. The van der Waals surface area contributed by atoms with Crippen LogP contribution in [0.3, 0.4) is 0 Å². The van der Waals surface area contributed by atoms with E-state index in [2.05, 4.69) is 0 Å². The maximum atomic E-state index is 11.5. The summed E-state index contributed by atoms with van der Waals surface area (Å²) in [4.78, 5) is 34.2. The number of imide groups is 1. The Hall–Kier alpha value is -2.15. The molecular weight excluding hydrogens is 256 g/mol. The first-order valence-electron chi connectivity index (χ1n) is 4.97. The molecule has 0 bridgehead atoms. The molecular formula is C11H12N2O4S. The third-order valence-corrected chi connectivity index (χ3v) is 2.69. The van der Waals surface area contributed by atoms with Gasteiger partial charge in [0.05, 0.1) is 0 Å². The number of urea groups is 1. The predicted molar refractivity (Wildman–Crippen MR) is 66.1 cm³/mol. The smallest absolute Gasteiger partial charge is 0.328 e. The third kappa shape index (κ3) is 4.79. The number of nitrogens with zero attached hydrogens (tertiary/aromatic N) is 1. The van der Waals surface area contributed by atoms with Crippen LogP contribution in [0.1, 0.15) is 5.56 Å². The second kappa shape index (κ2) is 6.55. The average Bonchev–Trinajstić information content (AvgIpc) is 2.79. The van der Waals surface area contributed by atoms with Crippen LogP contribution in [0.5, 0.6) is 0 Å². The first kappa shape index (κ1) is 13.9. The Bertz CT molecular complexity index is 467. The molecule has 2 N–H and O–H groups in total. The minimum atomic E-state index is -1.25. The lowest BCUT2D eigenvalue weighted by molar-refractivity contribution is -0.131. The van der Waals surface area contributed by atoms with E-state index in [1.54, 1.807) is 7.05 Å². The summed E-state index contributed by atoms with van der Waals surface area (Å²) >= 11 is 1.52. The van der Waals surface area contributed by atoms with Crippen molar-refractivity contribution in [1.82, 2.24) is 10.2 Å². The fraction of sp³-hybridized carbons (Fsp3) is 0.182. The summed E-state index contributed by atoms with van der Waals surface area (Å²) in [7, 11) is 1.54. The van der Waals surface area contributed by atoms with E-state index in [1.165, 1.54) is 16.2 Å². The summed E-state index contributed by atoms with van der Waals surface area (Å²) in [5, 5.41) is 14.2. The van der Waals surface area contributed by atoms with Gasteiger partial charge in [-0.2, -0.15) is 11.3 Å². The number of amides is 3. The molecule has 0 saturated carbocycles. The monoisotopic (exact) mass is 268 g/mol. The van der Waals surface area contributed by atoms with Crippen LogP contribution >= 0.6 is 11.3 Å². The molecule has 0 spiro atoms. The largest absolute Gasteiger partial charge is 0.478 e. The van der Waals surface area contributed by atoms with Crippen LogP contribution in [-0.2, 0) is 16.1 Å². The first-order chi connectivity index (χ1) is 8.49. The molecule has 3 amide bonds. The van der Waals surface area contributed by atoms with Crippen molar-refractivity contribution < 1.29 is 19.5 Å². The van der Waals surface area contributed by atoms with Crippen LogP contribution in [0.2, 0.25) is 0 Å². The lowest BCUT2D eigenvalue weighted by atomic mass is 10.3. The number of thiophene rings is 1. The number of rotatable bonds is 4. The summed E-state index contributed by atoms with van der Waals surface area (Å²) in [6.07, 6.45) is 1.46. The molecule has 0 unspecified atom stereocenters. The number of carbonyl (C=O) groups is 3. The van der Waals surface area contributed by atoms with Gasteiger partial charge in [0.15, 0.2) is 0 Å². The van der Waals surface area contributed by atoms with Gasteiger partial charge in [0.25, 0.3) is 5.91 Å².